The Bertz CT molecular complexity index is 326. The van der Waals surface area contributed by atoms with Gasteiger partial charge in [-0.1, -0.05) is 6.07 Å². The fourth-order valence-electron chi connectivity index (χ4n) is 1.83. The summed E-state index contributed by atoms with van der Waals surface area (Å²) in [5, 5.41) is 3.26. The van der Waals surface area contributed by atoms with Crippen molar-refractivity contribution in [2.75, 3.05) is 27.3 Å². The van der Waals surface area contributed by atoms with E-state index in [1.807, 2.05) is 18.2 Å². The van der Waals surface area contributed by atoms with E-state index in [-0.39, 0.29) is 6.10 Å². The molecule has 1 unspecified atom stereocenters. The van der Waals surface area contributed by atoms with E-state index in [1.54, 1.807) is 14.2 Å². The molecular weight excluding hydrogens is 206 g/mol. The molecule has 1 aromatic carbocycles. The van der Waals surface area contributed by atoms with E-state index in [4.69, 9.17) is 14.2 Å². The summed E-state index contributed by atoms with van der Waals surface area (Å²) in [6.07, 6.45) is 1.21. The zero-order valence-corrected chi connectivity index (χ0v) is 9.66. The van der Waals surface area contributed by atoms with Gasteiger partial charge >= 0.3 is 0 Å². The van der Waals surface area contributed by atoms with Gasteiger partial charge in [0.25, 0.3) is 0 Å². The normalized spacial score (nSPS) is 19.5. The summed E-state index contributed by atoms with van der Waals surface area (Å²) >= 11 is 0. The Morgan fingerprint density at radius 2 is 1.88 bits per heavy atom. The maximum atomic E-state index is 5.91. The second kappa shape index (κ2) is 5.07. The first kappa shape index (κ1) is 11.1. The monoisotopic (exact) mass is 223 g/mol. The lowest BCUT2D eigenvalue weighted by Crippen LogP contribution is -2.20. The zero-order chi connectivity index (χ0) is 11.4. The average molecular weight is 223 g/mol. The van der Waals surface area contributed by atoms with E-state index >= 15 is 0 Å². The standard InChI is InChI=1S/C12H17NO3/c1-14-10-4-3-5-11(15-2)12(10)16-9-6-7-13-8-9/h3-5,9,13H,6-8H2,1-2H3. The topological polar surface area (TPSA) is 39.7 Å². The van der Waals surface area contributed by atoms with Gasteiger partial charge in [-0.25, -0.2) is 0 Å². The van der Waals surface area contributed by atoms with E-state index < -0.39 is 0 Å². The summed E-state index contributed by atoms with van der Waals surface area (Å²) < 4.78 is 16.5. The molecule has 1 atom stereocenters. The minimum Gasteiger partial charge on any atom is -0.493 e. The number of rotatable bonds is 4. The smallest absolute Gasteiger partial charge is 0.203 e. The average Bonchev–Trinajstić information content (AvgIpc) is 2.82. The van der Waals surface area contributed by atoms with Crippen LogP contribution in [-0.2, 0) is 0 Å². The van der Waals surface area contributed by atoms with Crippen LogP contribution in [0.3, 0.4) is 0 Å². The van der Waals surface area contributed by atoms with Crippen molar-refractivity contribution in [1.29, 1.82) is 0 Å². The fraction of sp³-hybridized carbons (Fsp3) is 0.500. The number of benzene rings is 1. The molecule has 0 amide bonds. The minimum absolute atomic E-state index is 0.199. The molecule has 1 saturated heterocycles. The first-order chi connectivity index (χ1) is 7.85. The lowest BCUT2D eigenvalue weighted by atomic mass is 10.2. The van der Waals surface area contributed by atoms with E-state index in [9.17, 15) is 0 Å². The van der Waals surface area contributed by atoms with Crippen molar-refractivity contribution in [3.05, 3.63) is 18.2 Å². The molecule has 0 aromatic heterocycles. The predicted octanol–water partition coefficient (Wildman–Crippen LogP) is 1.44. The Kier molecular flexibility index (Phi) is 3.51. The SMILES string of the molecule is COc1cccc(OC)c1OC1CCNC1. The van der Waals surface area contributed by atoms with Gasteiger partial charge in [0.15, 0.2) is 11.5 Å². The molecule has 2 rings (SSSR count). The van der Waals surface area contributed by atoms with Crippen molar-refractivity contribution in [2.24, 2.45) is 0 Å². The van der Waals surface area contributed by atoms with Crippen LogP contribution in [0.5, 0.6) is 17.2 Å². The van der Waals surface area contributed by atoms with Crippen molar-refractivity contribution in [3.63, 3.8) is 0 Å². The van der Waals surface area contributed by atoms with Gasteiger partial charge in [0.05, 0.1) is 14.2 Å². The first-order valence-corrected chi connectivity index (χ1v) is 5.43. The number of para-hydroxylation sites is 1. The first-order valence-electron chi connectivity index (χ1n) is 5.43. The Morgan fingerprint density at radius 1 is 1.19 bits per heavy atom. The number of hydrogen-bond donors (Lipinski definition) is 1. The van der Waals surface area contributed by atoms with Gasteiger partial charge < -0.3 is 19.5 Å². The third kappa shape index (κ3) is 2.22. The maximum Gasteiger partial charge on any atom is 0.203 e. The van der Waals surface area contributed by atoms with Gasteiger partial charge in [-0.05, 0) is 25.1 Å². The Morgan fingerprint density at radius 3 is 2.38 bits per heavy atom. The van der Waals surface area contributed by atoms with Crippen LogP contribution in [0.25, 0.3) is 0 Å². The van der Waals surface area contributed by atoms with E-state index in [0.29, 0.717) is 17.2 Å². The Balaban J connectivity index is 2.21. The van der Waals surface area contributed by atoms with Gasteiger partial charge in [0.2, 0.25) is 5.75 Å². The highest BCUT2D eigenvalue weighted by Gasteiger charge is 2.20. The summed E-state index contributed by atoms with van der Waals surface area (Å²) in [5.74, 6) is 2.12. The van der Waals surface area contributed by atoms with Crippen LogP contribution in [0.4, 0.5) is 0 Å². The molecule has 4 heteroatoms. The minimum atomic E-state index is 0.199. The molecule has 0 bridgehead atoms. The van der Waals surface area contributed by atoms with Gasteiger partial charge in [0.1, 0.15) is 6.10 Å². The quantitative estimate of drug-likeness (QED) is 0.838. The highest BCUT2D eigenvalue weighted by Crippen LogP contribution is 2.37. The van der Waals surface area contributed by atoms with Crippen LogP contribution in [0.2, 0.25) is 0 Å². The highest BCUT2D eigenvalue weighted by molar-refractivity contribution is 5.51. The van der Waals surface area contributed by atoms with Gasteiger partial charge in [-0.2, -0.15) is 0 Å². The summed E-state index contributed by atoms with van der Waals surface area (Å²) in [6.45, 7) is 1.88. The Labute approximate surface area is 95.5 Å². The molecule has 0 spiro atoms. The van der Waals surface area contributed by atoms with Crippen molar-refractivity contribution in [2.45, 2.75) is 12.5 Å². The number of hydrogen-bond acceptors (Lipinski definition) is 4. The summed E-state index contributed by atoms with van der Waals surface area (Å²) in [4.78, 5) is 0. The molecule has 16 heavy (non-hydrogen) atoms. The second-order valence-electron chi connectivity index (χ2n) is 3.72. The van der Waals surface area contributed by atoms with Gasteiger partial charge in [-0.15, -0.1) is 0 Å². The molecule has 1 aromatic rings. The molecule has 0 radical (unpaired) electrons. The molecule has 88 valence electrons. The third-order valence-corrected chi connectivity index (χ3v) is 2.68. The van der Waals surface area contributed by atoms with Crippen molar-refractivity contribution >= 4 is 0 Å². The number of ether oxygens (including phenoxy) is 3. The molecular formula is C12H17NO3. The lowest BCUT2D eigenvalue weighted by Gasteiger charge is -2.17. The van der Waals surface area contributed by atoms with Gasteiger partial charge in [0, 0.05) is 6.54 Å². The highest BCUT2D eigenvalue weighted by atomic mass is 16.5. The molecule has 4 nitrogen and oxygen atoms in total. The lowest BCUT2D eigenvalue weighted by molar-refractivity contribution is 0.202. The van der Waals surface area contributed by atoms with Crippen LogP contribution < -0.4 is 19.5 Å². The summed E-state index contributed by atoms with van der Waals surface area (Å²) in [7, 11) is 3.27. The molecule has 1 aliphatic rings. The third-order valence-electron chi connectivity index (χ3n) is 2.68. The largest absolute Gasteiger partial charge is 0.493 e. The summed E-state index contributed by atoms with van der Waals surface area (Å²) in [6, 6.07) is 5.64. The molecule has 1 fully saturated rings. The van der Waals surface area contributed by atoms with E-state index in [2.05, 4.69) is 5.32 Å². The van der Waals surface area contributed by atoms with Gasteiger partial charge in [-0.3, -0.25) is 0 Å². The maximum absolute atomic E-state index is 5.91. The molecule has 0 aliphatic carbocycles. The van der Waals surface area contributed by atoms with Crippen molar-refractivity contribution in [3.8, 4) is 17.2 Å². The van der Waals surface area contributed by atoms with Crippen LogP contribution >= 0.6 is 0 Å². The zero-order valence-electron chi connectivity index (χ0n) is 9.66. The molecule has 1 N–H and O–H groups in total. The van der Waals surface area contributed by atoms with Crippen LogP contribution in [-0.4, -0.2) is 33.4 Å². The summed E-state index contributed by atoms with van der Waals surface area (Å²) in [5.41, 5.74) is 0. The van der Waals surface area contributed by atoms with Crippen LogP contribution in [0, 0.1) is 0 Å². The Hall–Kier alpha value is -1.42. The molecule has 0 saturated carbocycles. The van der Waals surface area contributed by atoms with E-state index in [1.165, 1.54) is 0 Å². The van der Waals surface area contributed by atoms with Crippen molar-refractivity contribution in [1.82, 2.24) is 5.32 Å². The number of nitrogens with one attached hydrogen (secondary N) is 1. The van der Waals surface area contributed by atoms with E-state index in [0.717, 1.165) is 19.5 Å². The number of methoxy groups -OCH3 is 2. The second-order valence-corrected chi connectivity index (χ2v) is 3.72. The predicted molar refractivity (Wildman–Crippen MR) is 61.4 cm³/mol. The fourth-order valence-corrected chi connectivity index (χ4v) is 1.83. The molecule has 1 heterocycles. The van der Waals surface area contributed by atoms with Crippen LogP contribution in [0.15, 0.2) is 18.2 Å². The molecule has 1 aliphatic heterocycles. The van der Waals surface area contributed by atoms with Crippen LogP contribution in [0.1, 0.15) is 6.42 Å². The van der Waals surface area contributed by atoms with Crippen molar-refractivity contribution < 1.29 is 14.2 Å².